The zero-order chi connectivity index (χ0) is 27.7. The van der Waals surface area contributed by atoms with Crippen LogP contribution in [0.5, 0.6) is 0 Å². The van der Waals surface area contributed by atoms with Gasteiger partial charge in [-0.05, 0) is 56.0 Å². The molecule has 38 heavy (non-hydrogen) atoms. The Kier molecular flexibility index (Phi) is 8.13. The van der Waals surface area contributed by atoms with Crippen molar-refractivity contribution in [3.05, 3.63) is 71.0 Å². The number of hydrogen-bond donors (Lipinski definition) is 1. The molecule has 1 fully saturated rings. The van der Waals surface area contributed by atoms with Crippen LogP contribution >= 0.6 is 0 Å². The lowest BCUT2D eigenvalue weighted by molar-refractivity contribution is -0.149. The Morgan fingerprint density at radius 3 is 2.50 bits per heavy atom. The largest absolute Gasteiger partial charge is 0.444 e. The van der Waals surface area contributed by atoms with Crippen LogP contribution in [-0.2, 0) is 30.4 Å². The maximum Gasteiger partial charge on any atom is 0.407 e. The minimum absolute atomic E-state index is 0.00478. The minimum Gasteiger partial charge on any atom is -0.444 e. The van der Waals surface area contributed by atoms with E-state index in [2.05, 4.69) is 9.68 Å². The standard InChI is InChI=1S/C28H36FN3O5S/c1-28(2,3)37-27(34)31-22-16-23(36-17-24(22)38(5,35)30-4)26(33)32-15-14-18-8-6-7-9-21(18)25(32)19-10-12-20(29)13-11-19/h6-13,22-25H,14-17H2,1-5H3,(H,31,34)/t22-,23+,24-,25-,38+/m0/s1. The number of carbonyl (C=O) groups excluding carboxylic acids is 2. The van der Waals surface area contributed by atoms with E-state index in [1.54, 1.807) is 37.8 Å². The molecule has 0 radical (unpaired) electrons. The highest BCUT2D eigenvalue weighted by molar-refractivity contribution is 7.93. The first kappa shape index (κ1) is 28.0. The molecule has 0 aromatic heterocycles. The summed E-state index contributed by atoms with van der Waals surface area (Å²) in [7, 11) is -1.24. The topological polar surface area (TPSA) is 97.3 Å². The lowest BCUT2D eigenvalue weighted by atomic mass is 9.87. The van der Waals surface area contributed by atoms with Crippen molar-refractivity contribution in [3.63, 3.8) is 0 Å². The van der Waals surface area contributed by atoms with Gasteiger partial charge in [-0.3, -0.25) is 4.79 Å². The van der Waals surface area contributed by atoms with Crippen LogP contribution in [0.25, 0.3) is 0 Å². The van der Waals surface area contributed by atoms with E-state index in [-0.39, 0.29) is 24.8 Å². The number of nitrogens with zero attached hydrogens (tertiary/aromatic N) is 2. The Hall–Kier alpha value is -2.98. The molecule has 2 aliphatic rings. The predicted molar refractivity (Wildman–Crippen MR) is 144 cm³/mol. The molecular weight excluding hydrogens is 509 g/mol. The molecule has 0 bridgehead atoms. The van der Waals surface area contributed by atoms with Crippen LogP contribution in [0.4, 0.5) is 9.18 Å². The van der Waals surface area contributed by atoms with E-state index >= 15 is 0 Å². The average molecular weight is 546 g/mol. The van der Waals surface area contributed by atoms with Gasteiger partial charge in [0.2, 0.25) is 0 Å². The van der Waals surface area contributed by atoms with E-state index in [9.17, 15) is 18.2 Å². The van der Waals surface area contributed by atoms with E-state index in [4.69, 9.17) is 9.47 Å². The Labute approximate surface area is 224 Å². The van der Waals surface area contributed by atoms with E-state index in [1.807, 2.05) is 24.3 Å². The molecule has 2 aliphatic heterocycles. The first-order valence-electron chi connectivity index (χ1n) is 12.7. The summed E-state index contributed by atoms with van der Waals surface area (Å²) < 4.78 is 42.4. The highest BCUT2D eigenvalue weighted by Crippen LogP contribution is 2.36. The normalized spacial score (nSPS) is 25.1. The van der Waals surface area contributed by atoms with Gasteiger partial charge in [0, 0.05) is 26.3 Å². The fourth-order valence-electron chi connectivity index (χ4n) is 5.12. The predicted octanol–water partition coefficient (Wildman–Crippen LogP) is 4.08. The number of amides is 2. The third kappa shape index (κ3) is 6.18. The first-order chi connectivity index (χ1) is 17.9. The van der Waals surface area contributed by atoms with E-state index in [0.29, 0.717) is 13.0 Å². The highest BCUT2D eigenvalue weighted by atomic mass is 32.2. The Morgan fingerprint density at radius 1 is 1.16 bits per heavy atom. The zero-order valence-corrected chi connectivity index (χ0v) is 23.3. The quantitative estimate of drug-likeness (QED) is 0.625. The number of fused-ring (bicyclic) bond motifs is 1. The number of ether oxygens (including phenoxy) is 2. The molecule has 2 heterocycles. The zero-order valence-electron chi connectivity index (χ0n) is 22.5. The van der Waals surface area contributed by atoms with Crippen LogP contribution < -0.4 is 5.32 Å². The second-order valence-corrected chi connectivity index (χ2v) is 13.5. The highest BCUT2D eigenvalue weighted by Gasteiger charge is 2.43. The molecule has 206 valence electrons. The molecule has 10 heteroatoms. The summed E-state index contributed by atoms with van der Waals surface area (Å²) in [6, 6.07) is 13.1. The third-order valence-electron chi connectivity index (χ3n) is 7.03. The summed E-state index contributed by atoms with van der Waals surface area (Å²) in [5.41, 5.74) is 2.20. The monoisotopic (exact) mass is 545 g/mol. The van der Waals surface area contributed by atoms with Gasteiger partial charge in [-0.25, -0.2) is 17.8 Å². The molecular formula is C28H36FN3O5S. The van der Waals surface area contributed by atoms with E-state index < -0.39 is 44.9 Å². The van der Waals surface area contributed by atoms with Gasteiger partial charge >= 0.3 is 6.09 Å². The molecule has 5 atom stereocenters. The maximum absolute atomic E-state index is 14.0. The molecule has 2 aromatic carbocycles. The molecule has 0 unspecified atom stereocenters. The van der Waals surface area contributed by atoms with Crippen molar-refractivity contribution in [1.82, 2.24) is 10.2 Å². The van der Waals surface area contributed by atoms with Crippen LogP contribution in [0.15, 0.2) is 52.9 Å². The summed E-state index contributed by atoms with van der Waals surface area (Å²) in [5, 5.41) is 2.21. The summed E-state index contributed by atoms with van der Waals surface area (Å²) in [5.74, 6) is -0.586. The summed E-state index contributed by atoms with van der Waals surface area (Å²) in [6.45, 7) is 5.73. The fraction of sp³-hybridized carbons (Fsp3) is 0.500. The third-order valence-corrected chi connectivity index (χ3v) is 9.35. The minimum atomic E-state index is -2.71. The van der Waals surface area contributed by atoms with Crippen LogP contribution in [0, 0.1) is 5.82 Å². The molecule has 4 rings (SSSR count). The number of benzene rings is 2. The number of nitrogens with one attached hydrogen (secondary N) is 1. The number of halogens is 1. The molecule has 8 nitrogen and oxygen atoms in total. The molecule has 1 saturated heterocycles. The van der Waals surface area contributed by atoms with Crippen LogP contribution in [0.1, 0.15) is 49.9 Å². The van der Waals surface area contributed by atoms with Gasteiger partial charge in [0.15, 0.2) is 0 Å². The second kappa shape index (κ2) is 11.0. The number of alkyl carbamates (subject to hydrolysis) is 1. The molecule has 2 amide bonds. The van der Waals surface area contributed by atoms with Gasteiger partial charge in [-0.2, -0.15) is 0 Å². The van der Waals surface area contributed by atoms with Gasteiger partial charge in [0.25, 0.3) is 5.91 Å². The Morgan fingerprint density at radius 2 is 1.84 bits per heavy atom. The fourth-order valence-corrected chi connectivity index (χ4v) is 6.51. The van der Waals surface area contributed by atoms with Gasteiger partial charge in [-0.15, -0.1) is 0 Å². The summed E-state index contributed by atoms with van der Waals surface area (Å²) >= 11 is 0. The van der Waals surface area contributed by atoms with Crippen molar-refractivity contribution in [3.8, 4) is 0 Å². The van der Waals surface area contributed by atoms with E-state index in [1.165, 1.54) is 25.4 Å². The summed E-state index contributed by atoms with van der Waals surface area (Å²) in [4.78, 5) is 28.4. The lowest BCUT2D eigenvalue weighted by Gasteiger charge is -2.42. The Bertz CT molecular complexity index is 1300. The molecule has 0 spiro atoms. The number of carbonyl (C=O) groups is 2. The van der Waals surface area contributed by atoms with Crippen LogP contribution in [0.3, 0.4) is 0 Å². The van der Waals surface area contributed by atoms with Crippen molar-refractivity contribution < 1.29 is 27.7 Å². The summed E-state index contributed by atoms with van der Waals surface area (Å²) in [6.07, 6.45) is 0.803. The first-order valence-corrected chi connectivity index (χ1v) is 14.7. The molecule has 1 N–H and O–H groups in total. The SMILES string of the molecule is CN=[S@](C)(=O)[C@H]1CO[C@@H](C(=O)N2CCc3ccccc3[C@@H]2c2ccc(F)cc2)C[C@@H]1NC(=O)OC(C)(C)C. The number of rotatable bonds is 4. The maximum atomic E-state index is 14.0. The van der Waals surface area contributed by atoms with Crippen molar-refractivity contribution in [2.24, 2.45) is 4.36 Å². The van der Waals surface area contributed by atoms with Crippen LogP contribution in [0.2, 0.25) is 0 Å². The van der Waals surface area contributed by atoms with Crippen LogP contribution in [-0.4, -0.2) is 70.6 Å². The molecule has 0 aliphatic carbocycles. The second-order valence-electron chi connectivity index (χ2n) is 10.8. The van der Waals surface area contributed by atoms with Gasteiger partial charge in [0.1, 0.15) is 17.5 Å². The van der Waals surface area contributed by atoms with Crippen molar-refractivity contribution >= 4 is 21.7 Å². The Balaban J connectivity index is 1.62. The molecule has 0 saturated carbocycles. The van der Waals surface area contributed by atoms with Gasteiger partial charge in [0.05, 0.1) is 33.7 Å². The van der Waals surface area contributed by atoms with Crippen molar-refractivity contribution in [2.45, 2.75) is 62.7 Å². The van der Waals surface area contributed by atoms with Gasteiger partial charge in [-0.1, -0.05) is 36.4 Å². The molecule has 2 aromatic rings. The number of hydrogen-bond acceptors (Lipinski definition) is 6. The van der Waals surface area contributed by atoms with Gasteiger partial charge < -0.3 is 19.7 Å². The smallest absolute Gasteiger partial charge is 0.407 e. The van der Waals surface area contributed by atoms with E-state index in [0.717, 1.165) is 16.7 Å². The average Bonchev–Trinajstić information content (AvgIpc) is 2.87. The van der Waals surface area contributed by atoms with Crippen molar-refractivity contribution in [1.29, 1.82) is 0 Å². The lowest BCUT2D eigenvalue weighted by Crippen LogP contribution is -2.58. The van der Waals surface area contributed by atoms with Crippen molar-refractivity contribution in [2.75, 3.05) is 26.5 Å².